The minimum Gasteiger partial charge on any atom is -0.497 e. The Bertz CT molecular complexity index is 1140. The van der Waals surface area contributed by atoms with Crippen LogP contribution in [-0.2, 0) is 9.59 Å². The Morgan fingerprint density at radius 2 is 1.46 bits per heavy atom. The summed E-state index contributed by atoms with van der Waals surface area (Å²) in [5, 5.41) is 3.03. The van der Waals surface area contributed by atoms with Crippen molar-refractivity contribution in [3.8, 4) is 17.2 Å². The quantitative estimate of drug-likeness (QED) is 0.484. The molecule has 3 aromatic carbocycles. The van der Waals surface area contributed by atoms with Gasteiger partial charge in [-0.25, -0.2) is 0 Å². The van der Waals surface area contributed by atoms with Gasteiger partial charge in [-0.15, -0.1) is 0 Å². The molecule has 0 spiro atoms. The number of nitrogens with one attached hydrogen (secondary N) is 1. The smallest absolute Gasteiger partial charge is 0.229 e. The summed E-state index contributed by atoms with van der Waals surface area (Å²) in [6.45, 7) is 2.50. The molecule has 0 radical (unpaired) electrons. The highest BCUT2D eigenvalue weighted by atomic mass is 16.5. The molecule has 0 bridgehead atoms. The van der Waals surface area contributed by atoms with Gasteiger partial charge in [0.25, 0.3) is 0 Å². The number of hydrogen-bond acceptors (Lipinski definition) is 5. The summed E-state index contributed by atoms with van der Waals surface area (Å²) >= 11 is 0. The van der Waals surface area contributed by atoms with E-state index in [4.69, 9.17) is 14.2 Å². The summed E-state index contributed by atoms with van der Waals surface area (Å²) in [4.78, 5) is 28.5. The second-order valence-corrected chi connectivity index (χ2v) is 8.27. The van der Waals surface area contributed by atoms with Crippen molar-refractivity contribution in [1.82, 2.24) is 0 Å². The van der Waals surface area contributed by atoms with Crippen molar-refractivity contribution in [3.05, 3.63) is 78.4 Å². The van der Waals surface area contributed by atoms with Crippen molar-refractivity contribution in [2.75, 3.05) is 31.0 Å². The Morgan fingerprint density at radius 1 is 0.886 bits per heavy atom. The van der Waals surface area contributed by atoms with Gasteiger partial charge in [-0.2, -0.15) is 0 Å². The fraction of sp³-hybridized carbons (Fsp3) is 0.286. The summed E-state index contributed by atoms with van der Waals surface area (Å²) in [7, 11) is 3.21. The maximum atomic E-state index is 13.5. The summed E-state index contributed by atoms with van der Waals surface area (Å²) in [6.07, 6.45) is 0.727. The van der Waals surface area contributed by atoms with E-state index in [1.54, 1.807) is 19.1 Å². The molecule has 2 amide bonds. The number of carbonyl (C=O) groups is 2. The highest BCUT2D eigenvalue weighted by Crippen LogP contribution is 2.41. The van der Waals surface area contributed by atoms with Crippen LogP contribution < -0.4 is 24.4 Å². The molecule has 0 aromatic heterocycles. The molecule has 7 heteroatoms. The van der Waals surface area contributed by atoms with Crippen LogP contribution in [0.1, 0.15) is 31.4 Å². The van der Waals surface area contributed by atoms with E-state index in [0.29, 0.717) is 30.2 Å². The van der Waals surface area contributed by atoms with E-state index in [-0.39, 0.29) is 18.2 Å². The van der Waals surface area contributed by atoms with Gasteiger partial charge >= 0.3 is 0 Å². The van der Waals surface area contributed by atoms with Crippen molar-refractivity contribution in [1.29, 1.82) is 0 Å². The highest BCUT2D eigenvalue weighted by Gasteiger charge is 2.41. The van der Waals surface area contributed by atoms with Crippen LogP contribution in [0.15, 0.2) is 72.8 Å². The molecule has 7 nitrogen and oxygen atoms in total. The Kier molecular flexibility index (Phi) is 7.55. The zero-order valence-corrected chi connectivity index (χ0v) is 20.2. The average molecular weight is 475 g/mol. The van der Waals surface area contributed by atoms with Gasteiger partial charge < -0.3 is 24.4 Å². The molecule has 3 aromatic rings. The third kappa shape index (κ3) is 5.40. The number of anilines is 2. The topological polar surface area (TPSA) is 77.1 Å². The molecule has 0 aliphatic carbocycles. The lowest BCUT2D eigenvalue weighted by atomic mass is 9.83. The number of amides is 2. The number of carbonyl (C=O) groups excluding carboxylic acids is 2. The molecule has 1 N–H and O–H groups in total. The van der Waals surface area contributed by atoms with E-state index in [1.807, 2.05) is 79.7 Å². The van der Waals surface area contributed by atoms with Crippen molar-refractivity contribution in [2.24, 2.45) is 5.92 Å². The number of benzene rings is 3. The van der Waals surface area contributed by atoms with Gasteiger partial charge in [-0.05, 0) is 79.6 Å². The second kappa shape index (κ2) is 11.0. The van der Waals surface area contributed by atoms with Crippen LogP contribution in [0.3, 0.4) is 0 Å². The lowest BCUT2D eigenvalue weighted by Crippen LogP contribution is -2.46. The third-order valence-corrected chi connectivity index (χ3v) is 6.17. The van der Waals surface area contributed by atoms with Crippen molar-refractivity contribution >= 4 is 23.2 Å². The molecule has 182 valence electrons. The number of hydrogen-bond donors (Lipinski definition) is 1. The fourth-order valence-corrected chi connectivity index (χ4v) is 4.43. The highest BCUT2D eigenvalue weighted by molar-refractivity contribution is 6.00. The zero-order chi connectivity index (χ0) is 24.8. The first kappa shape index (κ1) is 24.1. The van der Waals surface area contributed by atoms with E-state index in [1.165, 1.54) is 0 Å². The standard InChI is InChI=1S/C28H30N2O5/c1-4-35-24-13-7-20(8-14-24)29-28(32)25-17-18-26(31)30(21-9-15-23(34-3)16-10-21)27(25)19-5-11-22(33-2)12-6-19/h5-16,25,27H,4,17-18H2,1-3H3,(H,29,32)/t25-,27-/m0/s1. The molecule has 1 aliphatic heterocycles. The summed E-state index contributed by atoms with van der Waals surface area (Å²) in [5.74, 6) is 1.54. The first-order chi connectivity index (χ1) is 17.0. The van der Waals surface area contributed by atoms with Crippen LogP contribution in [0.4, 0.5) is 11.4 Å². The molecule has 0 saturated carbocycles. The van der Waals surface area contributed by atoms with E-state index < -0.39 is 12.0 Å². The second-order valence-electron chi connectivity index (χ2n) is 8.27. The first-order valence-corrected chi connectivity index (χ1v) is 11.7. The largest absolute Gasteiger partial charge is 0.497 e. The predicted molar refractivity (Wildman–Crippen MR) is 135 cm³/mol. The molecule has 0 unspecified atom stereocenters. The van der Waals surface area contributed by atoms with Crippen molar-refractivity contribution in [3.63, 3.8) is 0 Å². The van der Waals surface area contributed by atoms with Crippen LogP contribution >= 0.6 is 0 Å². The lowest BCUT2D eigenvalue weighted by Gasteiger charge is -2.41. The molecule has 35 heavy (non-hydrogen) atoms. The summed E-state index contributed by atoms with van der Waals surface area (Å²) < 4.78 is 16.1. The van der Waals surface area contributed by atoms with Gasteiger partial charge in [-0.3, -0.25) is 9.59 Å². The molecular weight excluding hydrogens is 444 g/mol. The van der Waals surface area contributed by atoms with Gasteiger partial charge in [0.1, 0.15) is 17.2 Å². The normalized spacial score (nSPS) is 17.6. The molecule has 4 rings (SSSR count). The summed E-state index contributed by atoms with van der Waals surface area (Å²) in [6, 6.07) is 21.7. The molecule has 1 aliphatic rings. The maximum Gasteiger partial charge on any atom is 0.229 e. The monoisotopic (exact) mass is 474 g/mol. The molecule has 1 saturated heterocycles. The number of piperidine rings is 1. The van der Waals surface area contributed by atoms with Gasteiger partial charge in [0.15, 0.2) is 0 Å². The molecular formula is C28H30N2O5. The third-order valence-electron chi connectivity index (χ3n) is 6.17. The lowest BCUT2D eigenvalue weighted by molar-refractivity contribution is -0.125. The predicted octanol–water partition coefficient (Wildman–Crippen LogP) is 5.23. The maximum absolute atomic E-state index is 13.5. The fourth-order valence-electron chi connectivity index (χ4n) is 4.43. The average Bonchev–Trinajstić information content (AvgIpc) is 2.90. The number of methoxy groups -OCH3 is 2. The number of nitrogens with zero attached hydrogens (tertiary/aromatic N) is 1. The Morgan fingerprint density at radius 3 is 2.03 bits per heavy atom. The van der Waals surface area contributed by atoms with Gasteiger partial charge in [0.2, 0.25) is 11.8 Å². The van der Waals surface area contributed by atoms with Crippen molar-refractivity contribution < 1.29 is 23.8 Å². The van der Waals surface area contributed by atoms with Crippen molar-refractivity contribution in [2.45, 2.75) is 25.8 Å². The Labute approximate surface area is 205 Å². The van der Waals surface area contributed by atoms with Crippen LogP contribution in [0.5, 0.6) is 17.2 Å². The van der Waals surface area contributed by atoms with Gasteiger partial charge in [0.05, 0.1) is 32.8 Å². The van der Waals surface area contributed by atoms with Crippen LogP contribution in [0, 0.1) is 5.92 Å². The van der Waals surface area contributed by atoms with Crippen LogP contribution in [-0.4, -0.2) is 32.6 Å². The molecule has 1 fully saturated rings. The zero-order valence-electron chi connectivity index (χ0n) is 20.2. The van der Waals surface area contributed by atoms with E-state index in [9.17, 15) is 9.59 Å². The van der Waals surface area contributed by atoms with Crippen LogP contribution in [0.25, 0.3) is 0 Å². The minimum absolute atomic E-state index is 0.0268. The SMILES string of the molecule is CCOc1ccc(NC(=O)[C@H]2CCC(=O)N(c3ccc(OC)cc3)[C@H]2c2ccc(OC)cc2)cc1. The number of ether oxygens (including phenoxy) is 3. The Balaban J connectivity index is 1.67. The summed E-state index contributed by atoms with van der Waals surface area (Å²) in [5.41, 5.74) is 2.26. The van der Waals surface area contributed by atoms with Gasteiger partial charge in [0, 0.05) is 17.8 Å². The van der Waals surface area contributed by atoms with E-state index in [2.05, 4.69) is 5.32 Å². The van der Waals surface area contributed by atoms with Gasteiger partial charge in [-0.1, -0.05) is 12.1 Å². The molecule has 2 atom stereocenters. The molecule has 1 heterocycles. The first-order valence-electron chi connectivity index (χ1n) is 11.7. The van der Waals surface area contributed by atoms with Crippen LogP contribution in [0.2, 0.25) is 0 Å². The number of rotatable bonds is 8. The van der Waals surface area contributed by atoms with E-state index in [0.717, 1.165) is 17.0 Å². The Hall–Kier alpha value is -4.00. The van der Waals surface area contributed by atoms with E-state index >= 15 is 0 Å². The minimum atomic E-state index is -0.474.